The fourth-order valence-electron chi connectivity index (χ4n) is 3.28. The summed E-state index contributed by atoms with van der Waals surface area (Å²) >= 11 is 0. The first-order valence-electron chi connectivity index (χ1n) is 9.09. The number of ether oxygens (including phenoxy) is 3. The summed E-state index contributed by atoms with van der Waals surface area (Å²) in [4.78, 5) is 0. The monoisotopic (exact) mass is 336 g/mol. The molecule has 2 rings (SSSR count). The summed E-state index contributed by atoms with van der Waals surface area (Å²) in [5.41, 5.74) is 1.02. The zero-order valence-electron chi connectivity index (χ0n) is 15.7. The number of aromatic nitrogens is 2. The van der Waals surface area contributed by atoms with Gasteiger partial charge in [-0.25, -0.2) is 0 Å². The first-order chi connectivity index (χ1) is 11.5. The second-order valence-corrected chi connectivity index (χ2v) is 7.49. The van der Waals surface area contributed by atoms with E-state index in [1.165, 1.54) is 0 Å². The molecule has 0 radical (unpaired) electrons. The van der Waals surface area contributed by atoms with E-state index in [1.54, 1.807) is 7.11 Å². The minimum absolute atomic E-state index is 0.211. The Hall–Kier alpha value is -1.20. The molecule has 5 nitrogen and oxygen atoms in total. The largest absolute Gasteiger partial charge is 0.473 e. The lowest BCUT2D eigenvalue weighted by atomic mass is 9.92. The van der Waals surface area contributed by atoms with Crippen molar-refractivity contribution in [1.82, 2.24) is 10.2 Å². The molecule has 1 fully saturated rings. The van der Waals surface area contributed by atoms with Gasteiger partial charge in [0.1, 0.15) is 6.10 Å². The molecule has 0 amide bonds. The third-order valence-corrected chi connectivity index (χ3v) is 4.31. The van der Waals surface area contributed by atoms with E-state index in [2.05, 4.69) is 37.9 Å². The lowest BCUT2D eigenvalue weighted by Crippen LogP contribution is -2.40. The third kappa shape index (κ3) is 6.36. The van der Waals surface area contributed by atoms with Gasteiger partial charge < -0.3 is 14.2 Å². The van der Waals surface area contributed by atoms with Crippen molar-refractivity contribution < 1.29 is 14.2 Å². The van der Waals surface area contributed by atoms with Gasteiger partial charge in [-0.05, 0) is 44.6 Å². The van der Waals surface area contributed by atoms with E-state index < -0.39 is 0 Å². The van der Waals surface area contributed by atoms with E-state index in [-0.39, 0.29) is 12.2 Å². The molecule has 1 aliphatic rings. The van der Waals surface area contributed by atoms with Crippen LogP contribution in [0.25, 0.3) is 0 Å². The van der Waals surface area contributed by atoms with Gasteiger partial charge in [-0.1, -0.05) is 13.8 Å². The van der Waals surface area contributed by atoms with Gasteiger partial charge in [0.25, 0.3) is 0 Å². The zero-order valence-corrected chi connectivity index (χ0v) is 15.7. The molecule has 1 aromatic heterocycles. The average molecular weight is 336 g/mol. The van der Waals surface area contributed by atoms with Crippen molar-refractivity contribution in [2.45, 2.75) is 71.7 Å². The van der Waals surface area contributed by atoms with Crippen LogP contribution in [-0.2, 0) is 15.9 Å². The van der Waals surface area contributed by atoms with Crippen LogP contribution in [0.15, 0.2) is 12.1 Å². The Morgan fingerprint density at radius 2 is 1.79 bits per heavy atom. The molecule has 0 bridgehead atoms. The molecule has 2 unspecified atom stereocenters. The molecule has 5 heteroatoms. The Kier molecular flexibility index (Phi) is 7.43. The molecule has 1 aromatic rings. The van der Waals surface area contributed by atoms with Gasteiger partial charge in [0.05, 0.1) is 17.9 Å². The highest BCUT2D eigenvalue weighted by atomic mass is 16.5. The van der Waals surface area contributed by atoms with Crippen molar-refractivity contribution in [3.8, 4) is 5.88 Å². The Labute approximate surface area is 146 Å². The Morgan fingerprint density at radius 1 is 1.04 bits per heavy atom. The molecule has 0 N–H and O–H groups in total. The van der Waals surface area contributed by atoms with E-state index in [4.69, 9.17) is 14.2 Å². The molecule has 1 saturated carbocycles. The van der Waals surface area contributed by atoms with Gasteiger partial charge >= 0.3 is 0 Å². The van der Waals surface area contributed by atoms with E-state index in [1.807, 2.05) is 12.1 Å². The predicted octanol–water partition coefficient (Wildman–Crippen LogP) is 3.66. The maximum absolute atomic E-state index is 5.85. The summed E-state index contributed by atoms with van der Waals surface area (Å²) in [6, 6.07) is 3.96. The van der Waals surface area contributed by atoms with Crippen LogP contribution in [0.4, 0.5) is 0 Å². The molecule has 0 spiro atoms. The lowest BCUT2D eigenvalue weighted by Gasteiger charge is -2.35. The molecular formula is C19H32N2O3. The highest BCUT2D eigenvalue weighted by Crippen LogP contribution is 2.28. The number of nitrogens with zero attached hydrogens (tertiary/aromatic N) is 2. The minimum atomic E-state index is 0.211. The highest BCUT2D eigenvalue weighted by Gasteiger charge is 2.32. The summed E-state index contributed by atoms with van der Waals surface area (Å²) in [7, 11) is 1.75. The minimum Gasteiger partial charge on any atom is -0.473 e. The predicted molar refractivity (Wildman–Crippen MR) is 94.2 cm³/mol. The Bertz CT molecular complexity index is 472. The second-order valence-electron chi connectivity index (χ2n) is 7.49. The highest BCUT2D eigenvalue weighted by molar-refractivity contribution is 5.12. The standard InChI is InChI=1S/C19H32N2O3/c1-13(2)23-17-10-18(11-17)24-19-7-6-16(20-21-19)9-14(3)8-15(4)12-22-5/h6-7,13-15,17-18H,8-12H2,1-5H3. The number of rotatable bonds is 10. The Balaban J connectivity index is 1.71. The van der Waals surface area contributed by atoms with E-state index in [9.17, 15) is 0 Å². The molecule has 2 atom stereocenters. The van der Waals surface area contributed by atoms with Crippen LogP contribution in [0.1, 0.15) is 52.7 Å². The van der Waals surface area contributed by atoms with Gasteiger partial charge in [-0.2, -0.15) is 5.10 Å². The molecule has 24 heavy (non-hydrogen) atoms. The van der Waals surface area contributed by atoms with E-state index in [0.29, 0.717) is 23.8 Å². The SMILES string of the molecule is COCC(C)CC(C)Cc1ccc(OC2CC(OC(C)C)C2)nn1. The number of hydrogen-bond acceptors (Lipinski definition) is 5. The van der Waals surface area contributed by atoms with Gasteiger partial charge in [0.2, 0.25) is 5.88 Å². The van der Waals surface area contributed by atoms with Crippen molar-refractivity contribution in [3.05, 3.63) is 17.8 Å². The van der Waals surface area contributed by atoms with Crippen LogP contribution in [0.2, 0.25) is 0 Å². The van der Waals surface area contributed by atoms with Crippen LogP contribution >= 0.6 is 0 Å². The summed E-state index contributed by atoms with van der Waals surface area (Å²) in [5.74, 6) is 1.75. The van der Waals surface area contributed by atoms with Crippen LogP contribution in [0.5, 0.6) is 5.88 Å². The smallest absolute Gasteiger partial charge is 0.233 e. The van der Waals surface area contributed by atoms with Crippen molar-refractivity contribution in [1.29, 1.82) is 0 Å². The Morgan fingerprint density at radius 3 is 2.38 bits per heavy atom. The van der Waals surface area contributed by atoms with Gasteiger partial charge in [-0.3, -0.25) is 0 Å². The third-order valence-electron chi connectivity index (χ3n) is 4.31. The molecule has 0 aliphatic heterocycles. The molecule has 1 aliphatic carbocycles. The quantitative estimate of drug-likeness (QED) is 0.652. The van der Waals surface area contributed by atoms with Crippen LogP contribution < -0.4 is 4.74 Å². The first kappa shape index (κ1) is 19.1. The molecule has 0 saturated heterocycles. The van der Waals surface area contributed by atoms with Crippen molar-refractivity contribution in [2.24, 2.45) is 11.8 Å². The number of methoxy groups -OCH3 is 1. The van der Waals surface area contributed by atoms with Crippen LogP contribution in [-0.4, -0.2) is 42.2 Å². The normalized spacial score (nSPS) is 22.9. The summed E-state index contributed by atoms with van der Waals surface area (Å²) < 4.78 is 16.8. The topological polar surface area (TPSA) is 53.5 Å². The fourth-order valence-corrected chi connectivity index (χ4v) is 3.28. The lowest BCUT2D eigenvalue weighted by molar-refractivity contribution is -0.0861. The molecule has 1 heterocycles. The maximum Gasteiger partial charge on any atom is 0.233 e. The van der Waals surface area contributed by atoms with Crippen LogP contribution in [0.3, 0.4) is 0 Å². The number of hydrogen-bond donors (Lipinski definition) is 0. The van der Waals surface area contributed by atoms with Crippen molar-refractivity contribution in [3.63, 3.8) is 0 Å². The van der Waals surface area contributed by atoms with E-state index in [0.717, 1.165) is 38.0 Å². The van der Waals surface area contributed by atoms with Gasteiger partial charge in [-0.15, -0.1) is 5.10 Å². The summed E-state index contributed by atoms with van der Waals surface area (Å²) in [6.07, 6.45) is 4.78. The first-order valence-corrected chi connectivity index (χ1v) is 9.09. The second kappa shape index (κ2) is 9.33. The van der Waals surface area contributed by atoms with Gasteiger partial charge in [0.15, 0.2) is 0 Å². The summed E-state index contributed by atoms with van der Waals surface area (Å²) in [5, 5.41) is 8.53. The molecular weight excluding hydrogens is 304 g/mol. The van der Waals surface area contributed by atoms with Gasteiger partial charge in [0, 0.05) is 32.6 Å². The average Bonchev–Trinajstić information content (AvgIpc) is 2.46. The summed E-state index contributed by atoms with van der Waals surface area (Å²) in [6.45, 7) is 9.41. The zero-order chi connectivity index (χ0) is 17.5. The molecule has 0 aromatic carbocycles. The maximum atomic E-state index is 5.85. The van der Waals surface area contributed by atoms with Crippen molar-refractivity contribution >= 4 is 0 Å². The molecule has 136 valence electrons. The van der Waals surface area contributed by atoms with Crippen LogP contribution in [0, 0.1) is 11.8 Å². The van der Waals surface area contributed by atoms with E-state index >= 15 is 0 Å². The van der Waals surface area contributed by atoms with Crippen molar-refractivity contribution in [2.75, 3.05) is 13.7 Å². The fraction of sp³-hybridized carbons (Fsp3) is 0.789.